The van der Waals surface area contributed by atoms with Gasteiger partial charge in [-0.2, -0.15) is 0 Å². The van der Waals surface area contributed by atoms with Gasteiger partial charge in [0.2, 0.25) is 0 Å². The van der Waals surface area contributed by atoms with Gasteiger partial charge in [-0.05, 0) is 24.3 Å². The van der Waals surface area contributed by atoms with Gasteiger partial charge in [-0.3, -0.25) is 0 Å². The average Bonchev–Trinajstić information content (AvgIpc) is 2.37. The number of rotatable bonds is 4. The third-order valence-corrected chi connectivity index (χ3v) is 2.44. The molecule has 0 aliphatic rings. The second-order valence-corrected chi connectivity index (χ2v) is 4.06. The number of benzene rings is 2. The Morgan fingerprint density at radius 1 is 1.00 bits per heavy atom. The largest absolute Gasteiger partial charge is 0.478 e. The van der Waals surface area contributed by atoms with Crippen LogP contribution in [0, 0.1) is 17.5 Å². The fraction of sp³-hybridized carbons (Fsp3) is 0. The topological polar surface area (TPSA) is 46.5 Å². The molecule has 3 nitrogen and oxygen atoms in total. The number of aliphatic carboxylic acids is 1. The van der Waals surface area contributed by atoms with E-state index in [2.05, 4.69) is 0 Å². The number of hydrogen-bond acceptors (Lipinski definition) is 2. The summed E-state index contributed by atoms with van der Waals surface area (Å²) in [7, 11) is 0. The summed E-state index contributed by atoms with van der Waals surface area (Å²) in [5.41, 5.74) is 0.127. The smallest absolute Gasteiger partial charge is 0.328 e. The summed E-state index contributed by atoms with van der Waals surface area (Å²) in [6.07, 6.45) is 1.92. The molecule has 0 heterocycles. The van der Waals surface area contributed by atoms with Gasteiger partial charge in [-0.1, -0.05) is 0 Å². The van der Waals surface area contributed by atoms with E-state index in [-0.39, 0.29) is 17.1 Å². The van der Waals surface area contributed by atoms with Gasteiger partial charge >= 0.3 is 5.97 Å². The van der Waals surface area contributed by atoms with Crippen molar-refractivity contribution in [2.45, 2.75) is 0 Å². The monoisotopic (exact) mass is 294 g/mol. The standard InChI is InChI=1S/C15H9F3O3/c16-10-2-3-14(9(5-10)1-4-15(19)20)21-13-7-11(17)6-12(18)8-13/h1-8H,(H,19,20). The van der Waals surface area contributed by atoms with Crippen LogP contribution in [0.1, 0.15) is 5.56 Å². The molecule has 2 rings (SSSR count). The van der Waals surface area contributed by atoms with Crippen molar-refractivity contribution < 1.29 is 27.8 Å². The lowest BCUT2D eigenvalue weighted by Crippen LogP contribution is -1.92. The maximum atomic E-state index is 13.2. The molecule has 0 spiro atoms. The summed E-state index contributed by atoms with van der Waals surface area (Å²) < 4.78 is 44.6. The Balaban J connectivity index is 2.36. The van der Waals surface area contributed by atoms with Crippen LogP contribution in [0.3, 0.4) is 0 Å². The molecule has 0 saturated carbocycles. The van der Waals surface area contributed by atoms with Gasteiger partial charge < -0.3 is 9.84 Å². The van der Waals surface area contributed by atoms with Crippen LogP contribution in [0.25, 0.3) is 6.08 Å². The molecule has 21 heavy (non-hydrogen) atoms. The molecule has 0 unspecified atom stereocenters. The van der Waals surface area contributed by atoms with Gasteiger partial charge in [0.15, 0.2) is 0 Å². The van der Waals surface area contributed by atoms with Crippen molar-refractivity contribution in [3.63, 3.8) is 0 Å². The molecule has 0 radical (unpaired) electrons. The Labute approximate surface area is 117 Å². The Morgan fingerprint density at radius 3 is 2.29 bits per heavy atom. The first kappa shape index (κ1) is 14.6. The normalized spacial score (nSPS) is 10.8. The molecule has 2 aromatic rings. The summed E-state index contributed by atoms with van der Waals surface area (Å²) >= 11 is 0. The fourth-order valence-electron chi connectivity index (χ4n) is 1.62. The molecular formula is C15H9F3O3. The van der Waals surface area contributed by atoms with E-state index in [1.54, 1.807) is 0 Å². The number of carbonyl (C=O) groups is 1. The lowest BCUT2D eigenvalue weighted by molar-refractivity contribution is -0.131. The third kappa shape index (κ3) is 4.10. The first-order valence-electron chi connectivity index (χ1n) is 5.78. The molecule has 0 bridgehead atoms. The van der Waals surface area contributed by atoms with Crippen molar-refractivity contribution in [3.8, 4) is 11.5 Å². The highest BCUT2D eigenvalue weighted by atomic mass is 19.1. The van der Waals surface area contributed by atoms with E-state index in [4.69, 9.17) is 9.84 Å². The predicted octanol–water partition coefficient (Wildman–Crippen LogP) is 3.99. The first-order valence-corrected chi connectivity index (χ1v) is 5.78. The zero-order chi connectivity index (χ0) is 15.4. The number of carboxylic acids is 1. The van der Waals surface area contributed by atoms with Crippen LogP contribution in [0.4, 0.5) is 13.2 Å². The Morgan fingerprint density at radius 2 is 1.67 bits per heavy atom. The van der Waals surface area contributed by atoms with Crippen molar-refractivity contribution in [3.05, 3.63) is 65.5 Å². The summed E-state index contributed by atoms with van der Waals surface area (Å²) in [6.45, 7) is 0. The van der Waals surface area contributed by atoms with Crippen molar-refractivity contribution in [2.24, 2.45) is 0 Å². The first-order chi connectivity index (χ1) is 9.94. The second-order valence-electron chi connectivity index (χ2n) is 4.06. The molecule has 0 atom stereocenters. The molecule has 0 fully saturated rings. The van der Waals surface area contributed by atoms with Crippen LogP contribution >= 0.6 is 0 Å². The Bertz CT molecular complexity index is 691. The maximum absolute atomic E-state index is 13.2. The quantitative estimate of drug-likeness (QED) is 0.867. The highest BCUT2D eigenvalue weighted by Gasteiger charge is 2.07. The summed E-state index contributed by atoms with van der Waals surface area (Å²) in [6, 6.07) is 5.96. The van der Waals surface area contributed by atoms with E-state index in [0.29, 0.717) is 6.07 Å². The van der Waals surface area contributed by atoms with E-state index in [9.17, 15) is 18.0 Å². The minimum atomic E-state index is -1.22. The number of halogens is 3. The number of carboxylic acid groups (broad SMARTS) is 1. The fourth-order valence-corrected chi connectivity index (χ4v) is 1.62. The van der Waals surface area contributed by atoms with Crippen molar-refractivity contribution in [1.29, 1.82) is 0 Å². The molecule has 0 aliphatic carbocycles. The molecule has 0 aromatic heterocycles. The van der Waals surface area contributed by atoms with Crippen LogP contribution in [0.15, 0.2) is 42.5 Å². The zero-order valence-corrected chi connectivity index (χ0v) is 10.5. The number of hydrogen-bond donors (Lipinski definition) is 1. The van der Waals surface area contributed by atoms with Crippen molar-refractivity contribution >= 4 is 12.0 Å². The van der Waals surface area contributed by atoms with E-state index < -0.39 is 23.4 Å². The van der Waals surface area contributed by atoms with Crippen molar-refractivity contribution in [2.75, 3.05) is 0 Å². The highest BCUT2D eigenvalue weighted by Crippen LogP contribution is 2.28. The van der Waals surface area contributed by atoms with E-state index >= 15 is 0 Å². The van der Waals surface area contributed by atoms with Gasteiger partial charge in [-0.15, -0.1) is 0 Å². The molecule has 0 amide bonds. The number of ether oxygens (including phenoxy) is 1. The lowest BCUT2D eigenvalue weighted by atomic mass is 10.2. The van der Waals surface area contributed by atoms with Gasteiger partial charge in [0.25, 0.3) is 0 Å². The molecule has 1 N–H and O–H groups in total. The Hall–Kier alpha value is -2.76. The lowest BCUT2D eigenvalue weighted by Gasteiger charge is -2.09. The minimum absolute atomic E-state index is 0.0684. The molecule has 0 aliphatic heterocycles. The molecule has 2 aromatic carbocycles. The summed E-state index contributed by atoms with van der Waals surface area (Å²) in [5.74, 6) is -3.52. The van der Waals surface area contributed by atoms with Crippen LogP contribution in [0.2, 0.25) is 0 Å². The van der Waals surface area contributed by atoms with Gasteiger partial charge in [0.05, 0.1) is 0 Å². The van der Waals surface area contributed by atoms with Crippen molar-refractivity contribution in [1.82, 2.24) is 0 Å². The molecule has 6 heteroatoms. The predicted molar refractivity (Wildman–Crippen MR) is 69.5 cm³/mol. The van der Waals surface area contributed by atoms with Gasteiger partial charge in [0.1, 0.15) is 29.0 Å². The van der Waals surface area contributed by atoms with E-state index in [1.807, 2.05) is 0 Å². The van der Waals surface area contributed by atoms with Gasteiger partial charge in [-0.25, -0.2) is 18.0 Å². The Kier molecular flexibility index (Phi) is 4.27. The summed E-state index contributed by atoms with van der Waals surface area (Å²) in [5, 5.41) is 8.58. The summed E-state index contributed by atoms with van der Waals surface area (Å²) in [4.78, 5) is 10.5. The minimum Gasteiger partial charge on any atom is -0.478 e. The van der Waals surface area contributed by atoms with E-state index in [0.717, 1.165) is 36.4 Å². The molecule has 108 valence electrons. The SMILES string of the molecule is O=C(O)C=Cc1cc(F)ccc1Oc1cc(F)cc(F)c1. The average molecular weight is 294 g/mol. The second kappa shape index (κ2) is 6.13. The molecular weight excluding hydrogens is 285 g/mol. The van der Waals surface area contributed by atoms with E-state index in [1.165, 1.54) is 6.07 Å². The van der Waals surface area contributed by atoms with Crippen LogP contribution in [-0.2, 0) is 4.79 Å². The maximum Gasteiger partial charge on any atom is 0.328 e. The van der Waals surface area contributed by atoms with Crippen LogP contribution in [0.5, 0.6) is 11.5 Å². The van der Waals surface area contributed by atoms with Crippen LogP contribution < -0.4 is 4.74 Å². The van der Waals surface area contributed by atoms with Crippen LogP contribution in [-0.4, -0.2) is 11.1 Å². The third-order valence-electron chi connectivity index (χ3n) is 2.44. The highest BCUT2D eigenvalue weighted by molar-refractivity contribution is 5.85. The molecule has 0 saturated heterocycles. The van der Waals surface area contributed by atoms with Gasteiger partial charge in [0, 0.05) is 29.8 Å². The zero-order valence-electron chi connectivity index (χ0n) is 10.5.